The zero-order valence-electron chi connectivity index (χ0n) is 10.3. The van der Waals surface area contributed by atoms with Gasteiger partial charge in [0.05, 0.1) is 0 Å². The highest BCUT2D eigenvalue weighted by molar-refractivity contribution is 9.10. The van der Waals surface area contributed by atoms with Gasteiger partial charge in [-0.25, -0.2) is 4.79 Å². The normalized spacial score (nSPS) is 19.6. The van der Waals surface area contributed by atoms with Crippen LogP contribution < -0.4 is 5.73 Å². The van der Waals surface area contributed by atoms with Gasteiger partial charge in [-0.05, 0) is 27.9 Å². The molecule has 2 heterocycles. The summed E-state index contributed by atoms with van der Waals surface area (Å²) < 4.78 is 0.858. The Balaban J connectivity index is 2.34. The zero-order chi connectivity index (χ0) is 13.3. The van der Waals surface area contributed by atoms with E-state index in [2.05, 4.69) is 39.8 Å². The molecule has 0 bridgehead atoms. The quantitative estimate of drug-likeness (QED) is 0.931. The molecule has 1 atom stereocenters. The second kappa shape index (κ2) is 5.06. The van der Waals surface area contributed by atoms with Crippen LogP contribution in [-0.2, 0) is 0 Å². The van der Waals surface area contributed by atoms with Crippen LogP contribution in [-0.4, -0.2) is 28.3 Å². The molecule has 96 valence electrons. The Morgan fingerprint density at radius 2 is 2.22 bits per heavy atom. The largest absolute Gasteiger partial charge is 0.385 e. The third-order valence-electron chi connectivity index (χ3n) is 2.67. The number of amidine groups is 1. The average molecular weight is 311 g/mol. The first-order valence-electron chi connectivity index (χ1n) is 5.74. The number of halogens is 1. The van der Waals surface area contributed by atoms with Crippen LogP contribution in [0.1, 0.15) is 25.5 Å². The lowest BCUT2D eigenvalue weighted by atomic mass is 10.1. The molecule has 5 nitrogen and oxygen atoms in total. The highest BCUT2D eigenvalue weighted by Gasteiger charge is 2.34. The number of carbonyl (C=O) groups excluding carboxylic acids is 1. The van der Waals surface area contributed by atoms with Crippen LogP contribution in [0.5, 0.6) is 0 Å². The molecule has 0 aliphatic carbocycles. The summed E-state index contributed by atoms with van der Waals surface area (Å²) in [6.07, 6.45) is 3.41. The molecule has 1 aliphatic heterocycles. The van der Waals surface area contributed by atoms with Crippen molar-refractivity contribution >= 4 is 27.8 Å². The van der Waals surface area contributed by atoms with Crippen molar-refractivity contribution in [3.05, 3.63) is 28.5 Å². The Bertz CT molecular complexity index is 501. The van der Waals surface area contributed by atoms with Crippen LogP contribution >= 0.6 is 15.9 Å². The topological polar surface area (TPSA) is 71.6 Å². The van der Waals surface area contributed by atoms with Crippen molar-refractivity contribution in [2.24, 2.45) is 16.6 Å². The summed E-state index contributed by atoms with van der Waals surface area (Å²) in [6, 6.07) is 1.34. The minimum absolute atomic E-state index is 0.272. The first kappa shape index (κ1) is 13.0. The van der Waals surface area contributed by atoms with Crippen LogP contribution in [0, 0.1) is 5.92 Å². The molecule has 1 unspecified atom stereocenters. The summed E-state index contributed by atoms with van der Waals surface area (Å²) >= 11 is 3.37. The third-order valence-corrected chi connectivity index (χ3v) is 3.10. The molecule has 2 amide bonds. The van der Waals surface area contributed by atoms with Gasteiger partial charge in [-0.1, -0.05) is 13.8 Å². The highest BCUT2D eigenvalue weighted by Crippen LogP contribution is 2.28. The Morgan fingerprint density at radius 1 is 1.50 bits per heavy atom. The van der Waals surface area contributed by atoms with E-state index in [1.165, 1.54) is 0 Å². The molecular formula is C12H15BrN4O. The van der Waals surface area contributed by atoms with E-state index in [4.69, 9.17) is 5.73 Å². The molecule has 0 fully saturated rings. The van der Waals surface area contributed by atoms with E-state index in [9.17, 15) is 4.79 Å². The standard InChI is InChI=1S/C12H15BrN4O/c1-7(2)6-17-10(11(14)16-12(17)18)8-3-9(13)5-15-4-8/h3-5,7,10H,6H2,1-2H3,(H2,14,16,18). The lowest BCUT2D eigenvalue weighted by Gasteiger charge is -2.25. The Hall–Kier alpha value is -1.43. The van der Waals surface area contributed by atoms with Gasteiger partial charge >= 0.3 is 6.03 Å². The van der Waals surface area contributed by atoms with E-state index in [0.29, 0.717) is 18.3 Å². The fourth-order valence-electron chi connectivity index (χ4n) is 2.01. The van der Waals surface area contributed by atoms with E-state index < -0.39 is 0 Å². The van der Waals surface area contributed by atoms with E-state index in [-0.39, 0.29) is 12.1 Å². The molecule has 2 rings (SSSR count). The zero-order valence-corrected chi connectivity index (χ0v) is 11.9. The summed E-state index contributed by atoms with van der Waals surface area (Å²) in [5.74, 6) is 0.693. The van der Waals surface area contributed by atoms with Crippen LogP contribution in [0.25, 0.3) is 0 Å². The summed E-state index contributed by atoms with van der Waals surface area (Å²) in [4.78, 5) is 21.5. The minimum Gasteiger partial charge on any atom is -0.385 e. The predicted octanol–water partition coefficient (Wildman–Crippen LogP) is 2.33. The number of rotatable bonds is 3. The number of carbonyl (C=O) groups is 1. The van der Waals surface area contributed by atoms with Crippen molar-refractivity contribution in [1.29, 1.82) is 0 Å². The molecule has 1 aromatic rings. The summed E-state index contributed by atoms with van der Waals surface area (Å²) in [5, 5.41) is 0. The van der Waals surface area contributed by atoms with Gasteiger partial charge < -0.3 is 10.6 Å². The number of nitrogens with zero attached hydrogens (tertiary/aromatic N) is 3. The molecular weight excluding hydrogens is 296 g/mol. The van der Waals surface area contributed by atoms with Gasteiger partial charge in [-0.3, -0.25) is 4.98 Å². The number of hydrogen-bond donors (Lipinski definition) is 1. The molecule has 0 spiro atoms. The van der Waals surface area contributed by atoms with Crippen LogP contribution in [0.3, 0.4) is 0 Å². The molecule has 0 radical (unpaired) electrons. The Morgan fingerprint density at radius 3 is 2.83 bits per heavy atom. The van der Waals surface area contributed by atoms with Gasteiger partial charge in [-0.2, -0.15) is 4.99 Å². The Labute approximate surface area is 114 Å². The van der Waals surface area contributed by atoms with Crippen LogP contribution in [0.15, 0.2) is 27.9 Å². The maximum atomic E-state index is 11.8. The van der Waals surface area contributed by atoms with Gasteiger partial charge in [0.25, 0.3) is 0 Å². The SMILES string of the molecule is CC(C)CN1C(=O)N=C(N)C1c1cncc(Br)c1. The van der Waals surface area contributed by atoms with Crippen molar-refractivity contribution in [3.63, 3.8) is 0 Å². The van der Waals surface area contributed by atoms with Crippen molar-refractivity contribution in [3.8, 4) is 0 Å². The number of pyridine rings is 1. The fourth-order valence-corrected chi connectivity index (χ4v) is 2.39. The highest BCUT2D eigenvalue weighted by atomic mass is 79.9. The van der Waals surface area contributed by atoms with Gasteiger partial charge in [0, 0.05) is 29.0 Å². The lowest BCUT2D eigenvalue weighted by molar-refractivity contribution is 0.199. The van der Waals surface area contributed by atoms with Crippen molar-refractivity contribution in [1.82, 2.24) is 9.88 Å². The summed E-state index contributed by atoms with van der Waals surface area (Å²) in [5.41, 5.74) is 6.73. The number of aliphatic imine (C=N–C) groups is 1. The molecule has 0 saturated carbocycles. The maximum Gasteiger partial charge on any atom is 0.346 e. The molecule has 0 saturated heterocycles. The lowest BCUT2D eigenvalue weighted by Crippen LogP contribution is -2.35. The minimum atomic E-state index is -0.301. The van der Waals surface area contributed by atoms with E-state index in [0.717, 1.165) is 10.0 Å². The van der Waals surface area contributed by atoms with Crippen molar-refractivity contribution in [2.75, 3.05) is 6.54 Å². The van der Waals surface area contributed by atoms with Gasteiger partial charge in [0.1, 0.15) is 11.9 Å². The van der Waals surface area contributed by atoms with Crippen LogP contribution in [0.4, 0.5) is 4.79 Å². The molecule has 1 aromatic heterocycles. The van der Waals surface area contributed by atoms with Gasteiger partial charge in [0.2, 0.25) is 0 Å². The number of nitrogens with two attached hydrogens (primary N) is 1. The summed E-state index contributed by atoms with van der Waals surface area (Å²) in [6.45, 7) is 4.73. The van der Waals surface area contributed by atoms with E-state index >= 15 is 0 Å². The van der Waals surface area contributed by atoms with Crippen molar-refractivity contribution in [2.45, 2.75) is 19.9 Å². The Kier molecular flexibility index (Phi) is 3.65. The average Bonchev–Trinajstić information content (AvgIpc) is 2.53. The number of urea groups is 1. The summed E-state index contributed by atoms with van der Waals surface area (Å²) in [7, 11) is 0. The second-order valence-electron chi connectivity index (χ2n) is 4.70. The second-order valence-corrected chi connectivity index (χ2v) is 5.62. The monoisotopic (exact) mass is 310 g/mol. The fraction of sp³-hybridized carbons (Fsp3) is 0.417. The first-order valence-corrected chi connectivity index (χ1v) is 6.53. The van der Waals surface area contributed by atoms with Crippen LogP contribution in [0.2, 0.25) is 0 Å². The van der Waals surface area contributed by atoms with Gasteiger partial charge in [0.15, 0.2) is 0 Å². The molecule has 6 heteroatoms. The smallest absolute Gasteiger partial charge is 0.346 e. The molecule has 1 aliphatic rings. The molecule has 18 heavy (non-hydrogen) atoms. The number of aromatic nitrogens is 1. The number of amides is 2. The van der Waals surface area contributed by atoms with E-state index in [1.54, 1.807) is 17.3 Å². The third kappa shape index (κ3) is 2.53. The van der Waals surface area contributed by atoms with E-state index in [1.807, 2.05) is 6.07 Å². The van der Waals surface area contributed by atoms with Gasteiger partial charge in [-0.15, -0.1) is 0 Å². The molecule has 0 aromatic carbocycles. The molecule has 2 N–H and O–H groups in total. The van der Waals surface area contributed by atoms with Crippen molar-refractivity contribution < 1.29 is 4.79 Å². The predicted molar refractivity (Wildman–Crippen MR) is 73.2 cm³/mol. The number of hydrogen-bond acceptors (Lipinski definition) is 3. The maximum absolute atomic E-state index is 11.8. The first-order chi connectivity index (χ1) is 8.49.